The number of rotatable bonds is 4. The Kier molecular flexibility index (Phi) is 4.33. The number of aryl methyl sites for hydroxylation is 1. The topological polar surface area (TPSA) is 85.4 Å². The van der Waals surface area contributed by atoms with Crippen LogP contribution in [-0.4, -0.2) is 42.6 Å². The van der Waals surface area contributed by atoms with E-state index in [1.807, 2.05) is 0 Å². The van der Waals surface area contributed by atoms with Gasteiger partial charge < -0.3 is 4.90 Å². The van der Waals surface area contributed by atoms with Gasteiger partial charge in [0.15, 0.2) is 0 Å². The van der Waals surface area contributed by atoms with Crippen molar-refractivity contribution in [2.24, 2.45) is 11.1 Å². The molecule has 1 aliphatic heterocycles. The van der Waals surface area contributed by atoms with Gasteiger partial charge in [0.2, 0.25) is 10.0 Å². The number of sulfonamides is 1. The van der Waals surface area contributed by atoms with E-state index in [4.69, 9.17) is 5.14 Å². The van der Waals surface area contributed by atoms with E-state index >= 15 is 0 Å². The fourth-order valence-corrected chi connectivity index (χ4v) is 3.56. The van der Waals surface area contributed by atoms with E-state index in [0.29, 0.717) is 23.2 Å². The lowest BCUT2D eigenvalue weighted by Gasteiger charge is -2.18. The summed E-state index contributed by atoms with van der Waals surface area (Å²) in [5.74, 6) is -0.966. The number of nitrogens with zero attached hydrogens (tertiary/aromatic N) is 2. The van der Waals surface area contributed by atoms with Gasteiger partial charge in [0, 0.05) is 18.8 Å². The zero-order chi connectivity index (χ0) is 15.8. The molecule has 1 aromatic rings. The van der Waals surface area contributed by atoms with Crippen molar-refractivity contribution in [2.45, 2.75) is 19.9 Å². The van der Waals surface area contributed by atoms with E-state index in [1.165, 1.54) is 24.0 Å². The number of hydrogen-bond donors (Lipinski definition) is 1. The molecule has 1 fully saturated rings. The molecule has 2 N–H and O–H groups in total. The van der Waals surface area contributed by atoms with Crippen LogP contribution in [0, 0.1) is 12.8 Å². The van der Waals surface area contributed by atoms with Gasteiger partial charge in [-0.1, -0.05) is 0 Å². The lowest BCUT2D eigenvalue weighted by atomic mass is 10.2. The minimum absolute atomic E-state index is 0.0845. The number of alkyl halides is 2. The summed E-state index contributed by atoms with van der Waals surface area (Å²) in [6.45, 7) is -0.742. The summed E-state index contributed by atoms with van der Waals surface area (Å²) in [4.78, 5) is 13.7. The van der Waals surface area contributed by atoms with Crippen molar-refractivity contribution in [3.05, 3.63) is 23.5 Å². The lowest BCUT2D eigenvalue weighted by Crippen LogP contribution is -2.32. The summed E-state index contributed by atoms with van der Waals surface area (Å²) in [6, 6.07) is 2.81. The Bertz CT molecular complexity index is 642. The van der Waals surface area contributed by atoms with Crippen molar-refractivity contribution < 1.29 is 22.0 Å². The molecule has 0 saturated carbocycles. The SMILES string of the molecule is Cc1ccc(C(=O)N2CC[C@H](CS(N)(=O)=O)C2)n1C(F)F. The van der Waals surface area contributed by atoms with E-state index in [9.17, 15) is 22.0 Å². The van der Waals surface area contributed by atoms with Crippen molar-refractivity contribution in [1.82, 2.24) is 9.47 Å². The van der Waals surface area contributed by atoms with Crippen LogP contribution in [0.3, 0.4) is 0 Å². The molecule has 0 bridgehead atoms. The first-order valence-electron chi connectivity index (χ1n) is 6.45. The van der Waals surface area contributed by atoms with Gasteiger partial charge in [-0.05, 0) is 31.4 Å². The first kappa shape index (κ1) is 15.9. The molecule has 0 aromatic carbocycles. The molecule has 118 valence electrons. The van der Waals surface area contributed by atoms with Crippen molar-refractivity contribution >= 4 is 15.9 Å². The Balaban J connectivity index is 2.12. The highest BCUT2D eigenvalue weighted by atomic mass is 32.2. The number of likely N-dealkylation sites (tertiary alicyclic amines) is 1. The van der Waals surface area contributed by atoms with E-state index < -0.39 is 22.5 Å². The number of nitrogens with two attached hydrogens (primary N) is 1. The number of halogens is 2. The normalized spacial score (nSPS) is 19.5. The molecule has 1 amide bonds. The quantitative estimate of drug-likeness (QED) is 0.895. The first-order valence-corrected chi connectivity index (χ1v) is 8.16. The van der Waals surface area contributed by atoms with Crippen molar-refractivity contribution in [2.75, 3.05) is 18.8 Å². The van der Waals surface area contributed by atoms with Crippen molar-refractivity contribution in [1.29, 1.82) is 0 Å². The average Bonchev–Trinajstić information content (AvgIpc) is 2.92. The molecule has 0 aliphatic carbocycles. The van der Waals surface area contributed by atoms with Crippen LogP contribution in [0.4, 0.5) is 8.78 Å². The number of primary sulfonamides is 1. The summed E-state index contributed by atoms with van der Waals surface area (Å²) in [5.41, 5.74) is 0.215. The third kappa shape index (κ3) is 3.59. The molecular weight excluding hydrogens is 304 g/mol. The number of hydrogen-bond acceptors (Lipinski definition) is 3. The molecule has 1 aliphatic rings. The Hall–Kier alpha value is -1.48. The standard InChI is InChI=1S/C12H17F2N3O3S/c1-8-2-3-10(17(8)12(13)14)11(18)16-5-4-9(6-16)7-21(15,19)20/h2-3,9,12H,4-7H2,1H3,(H2,15,19,20)/t9-/m0/s1. The fourth-order valence-electron chi connectivity index (χ4n) is 2.63. The molecule has 0 unspecified atom stereocenters. The second kappa shape index (κ2) is 5.72. The lowest BCUT2D eigenvalue weighted by molar-refractivity contribution is 0.0565. The molecule has 9 heteroatoms. The van der Waals surface area contributed by atoms with Gasteiger partial charge in [-0.2, -0.15) is 8.78 Å². The van der Waals surface area contributed by atoms with Gasteiger partial charge in [-0.25, -0.2) is 13.6 Å². The first-order chi connectivity index (χ1) is 9.69. The highest BCUT2D eigenvalue weighted by molar-refractivity contribution is 7.89. The minimum Gasteiger partial charge on any atom is -0.337 e. The van der Waals surface area contributed by atoms with E-state index in [2.05, 4.69) is 0 Å². The van der Waals surface area contributed by atoms with Gasteiger partial charge in [-0.15, -0.1) is 0 Å². The maximum Gasteiger partial charge on any atom is 0.319 e. The zero-order valence-electron chi connectivity index (χ0n) is 11.5. The van der Waals surface area contributed by atoms with Crippen LogP contribution in [0.15, 0.2) is 12.1 Å². The Morgan fingerprint density at radius 1 is 1.48 bits per heavy atom. The monoisotopic (exact) mass is 321 g/mol. The molecule has 1 aromatic heterocycles. The van der Waals surface area contributed by atoms with E-state index in [0.717, 1.165) is 0 Å². The number of carbonyl (C=O) groups excluding carboxylic acids is 1. The molecule has 6 nitrogen and oxygen atoms in total. The summed E-state index contributed by atoms with van der Waals surface area (Å²) in [7, 11) is -3.60. The van der Waals surface area contributed by atoms with Crippen LogP contribution in [0.2, 0.25) is 0 Å². The fraction of sp³-hybridized carbons (Fsp3) is 0.583. The van der Waals surface area contributed by atoms with Crippen LogP contribution < -0.4 is 5.14 Å². The summed E-state index contributed by atoms with van der Waals surface area (Å²) in [6.07, 6.45) is 0.497. The van der Waals surface area contributed by atoms with Gasteiger partial charge in [-0.3, -0.25) is 9.36 Å². The molecule has 21 heavy (non-hydrogen) atoms. The predicted molar refractivity (Wildman–Crippen MR) is 72.4 cm³/mol. The Morgan fingerprint density at radius 2 is 2.14 bits per heavy atom. The summed E-state index contributed by atoms with van der Waals surface area (Å²) < 4.78 is 48.7. The highest BCUT2D eigenvalue weighted by Gasteiger charge is 2.31. The van der Waals surface area contributed by atoms with E-state index in [-0.39, 0.29) is 23.9 Å². The maximum absolute atomic E-state index is 13.0. The number of aromatic nitrogens is 1. The van der Waals surface area contributed by atoms with Crippen molar-refractivity contribution in [3.8, 4) is 0 Å². The second-order valence-corrected chi connectivity index (χ2v) is 6.90. The predicted octanol–water partition coefficient (Wildman–Crippen LogP) is 0.942. The van der Waals surface area contributed by atoms with Gasteiger partial charge in [0.1, 0.15) is 5.69 Å². The maximum atomic E-state index is 13.0. The smallest absolute Gasteiger partial charge is 0.319 e. The minimum atomic E-state index is -3.60. The van der Waals surface area contributed by atoms with E-state index in [1.54, 1.807) is 0 Å². The molecule has 1 saturated heterocycles. The van der Waals surface area contributed by atoms with Crippen LogP contribution in [-0.2, 0) is 10.0 Å². The Labute approximate surface area is 121 Å². The molecule has 1 atom stereocenters. The van der Waals surface area contributed by atoms with Crippen LogP contribution >= 0.6 is 0 Å². The molecule has 2 rings (SSSR count). The highest BCUT2D eigenvalue weighted by Crippen LogP contribution is 2.23. The number of carbonyl (C=O) groups is 1. The average molecular weight is 321 g/mol. The van der Waals surface area contributed by atoms with Crippen LogP contribution in [0.5, 0.6) is 0 Å². The summed E-state index contributed by atoms with van der Waals surface area (Å²) in [5, 5.41) is 4.98. The van der Waals surface area contributed by atoms with Crippen LogP contribution in [0.25, 0.3) is 0 Å². The Morgan fingerprint density at radius 3 is 2.71 bits per heavy atom. The molecular formula is C12H17F2N3O3S. The van der Waals surface area contributed by atoms with Gasteiger partial charge >= 0.3 is 6.55 Å². The third-order valence-corrected chi connectivity index (χ3v) is 4.51. The molecule has 0 radical (unpaired) electrons. The molecule has 2 heterocycles. The second-order valence-electron chi connectivity index (χ2n) is 5.24. The summed E-state index contributed by atoms with van der Waals surface area (Å²) >= 11 is 0. The largest absolute Gasteiger partial charge is 0.337 e. The molecule has 0 spiro atoms. The third-order valence-electron chi connectivity index (χ3n) is 3.58. The van der Waals surface area contributed by atoms with Gasteiger partial charge in [0.05, 0.1) is 5.75 Å². The number of amides is 1. The van der Waals surface area contributed by atoms with Crippen molar-refractivity contribution in [3.63, 3.8) is 0 Å². The van der Waals surface area contributed by atoms with Crippen LogP contribution in [0.1, 0.15) is 29.2 Å². The van der Waals surface area contributed by atoms with Gasteiger partial charge in [0.25, 0.3) is 5.91 Å². The zero-order valence-corrected chi connectivity index (χ0v) is 12.3.